The Hall–Kier alpha value is -2.33. The molecule has 0 bridgehead atoms. The third-order valence-corrected chi connectivity index (χ3v) is 4.97. The van der Waals surface area contributed by atoms with E-state index in [4.69, 9.17) is 0 Å². The molecule has 0 amide bonds. The highest BCUT2D eigenvalue weighted by atomic mass is 19.1. The predicted octanol–water partition coefficient (Wildman–Crippen LogP) is 3.83. The molecule has 0 spiro atoms. The number of fused-ring (bicyclic) bond motifs is 1. The van der Waals surface area contributed by atoms with E-state index in [2.05, 4.69) is 45.7 Å². The second-order valence-corrected chi connectivity index (χ2v) is 6.62. The Bertz CT molecular complexity index is 876. The van der Waals surface area contributed by atoms with E-state index in [1.807, 2.05) is 25.3 Å². The second-order valence-electron chi connectivity index (χ2n) is 6.62. The number of benzene rings is 2. The Morgan fingerprint density at radius 1 is 0.917 bits per heavy atom. The van der Waals surface area contributed by atoms with E-state index in [1.54, 1.807) is 6.07 Å². The summed E-state index contributed by atoms with van der Waals surface area (Å²) < 4.78 is 16.2. The molecule has 1 aromatic heterocycles. The van der Waals surface area contributed by atoms with Crippen LogP contribution in [-0.2, 0) is 0 Å². The van der Waals surface area contributed by atoms with Crippen molar-refractivity contribution in [2.45, 2.75) is 6.92 Å². The van der Waals surface area contributed by atoms with Gasteiger partial charge in [-0.25, -0.2) is 4.39 Å². The van der Waals surface area contributed by atoms with Crippen molar-refractivity contribution in [1.82, 2.24) is 9.47 Å². The summed E-state index contributed by atoms with van der Waals surface area (Å²) in [4.78, 5) is 4.77. The van der Waals surface area contributed by atoms with Crippen LogP contribution in [-0.4, -0.2) is 42.7 Å². The Morgan fingerprint density at radius 3 is 2.46 bits per heavy atom. The lowest BCUT2D eigenvalue weighted by Crippen LogP contribution is -2.44. The highest BCUT2D eigenvalue weighted by Crippen LogP contribution is 2.28. The molecule has 1 saturated heterocycles. The van der Waals surface area contributed by atoms with Gasteiger partial charge in [-0.05, 0) is 49.9 Å². The van der Waals surface area contributed by atoms with E-state index in [1.165, 1.54) is 5.69 Å². The summed E-state index contributed by atoms with van der Waals surface area (Å²) >= 11 is 0. The maximum atomic E-state index is 14.1. The Balaban J connectivity index is 1.75. The van der Waals surface area contributed by atoms with E-state index < -0.39 is 0 Å². The fourth-order valence-electron chi connectivity index (χ4n) is 3.51. The summed E-state index contributed by atoms with van der Waals surface area (Å²) in [5.74, 6) is -0.162. The summed E-state index contributed by atoms with van der Waals surface area (Å²) in [6.45, 7) is 6.28. The molecule has 0 aliphatic carbocycles. The second kappa shape index (κ2) is 5.95. The molecule has 4 heteroatoms. The van der Waals surface area contributed by atoms with Crippen LogP contribution in [0.15, 0.2) is 48.7 Å². The first kappa shape index (κ1) is 15.2. The van der Waals surface area contributed by atoms with Gasteiger partial charge in [0.05, 0.1) is 5.52 Å². The largest absolute Gasteiger partial charge is 0.369 e. The molecule has 0 N–H and O–H groups in total. The molecule has 1 aliphatic rings. The molecular weight excluding hydrogens is 301 g/mol. The molecule has 0 atom stereocenters. The van der Waals surface area contributed by atoms with E-state index in [0.717, 1.165) is 42.9 Å². The molecule has 0 unspecified atom stereocenters. The zero-order chi connectivity index (χ0) is 16.7. The van der Waals surface area contributed by atoms with Gasteiger partial charge in [0.15, 0.2) is 0 Å². The van der Waals surface area contributed by atoms with Gasteiger partial charge >= 0.3 is 0 Å². The smallest absolute Gasteiger partial charge is 0.132 e. The summed E-state index contributed by atoms with van der Waals surface area (Å²) in [6.07, 6.45) is 1.96. The first-order valence-corrected chi connectivity index (χ1v) is 8.43. The lowest BCUT2D eigenvalue weighted by Gasteiger charge is -2.34. The fraction of sp³-hybridized carbons (Fsp3) is 0.300. The van der Waals surface area contributed by atoms with Crippen LogP contribution in [0.25, 0.3) is 16.6 Å². The normalized spacial score (nSPS) is 16.0. The lowest BCUT2D eigenvalue weighted by atomic mass is 10.1. The van der Waals surface area contributed by atoms with Gasteiger partial charge in [-0.3, -0.25) is 0 Å². The average Bonchev–Trinajstić information content (AvgIpc) is 3.05. The maximum Gasteiger partial charge on any atom is 0.132 e. The SMILES string of the molecule is Cc1ccc(F)c2ccn(-c3cccc(N4CCN(C)CC4)c3)c12. The van der Waals surface area contributed by atoms with Crippen molar-refractivity contribution in [1.29, 1.82) is 0 Å². The van der Waals surface area contributed by atoms with Crippen LogP contribution in [0.4, 0.5) is 10.1 Å². The quantitative estimate of drug-likeness (QED) is 0.710. The zero-order valence-corrected chi connectivity index (χ0v) is 14.2. The molecule has 2 heterocycles. The van der Waals surface area contributed by atoms with Crippen LogP contribution >= 0.6 is 0 Å². The highest BCUT2D eigenvalue weighted by Gasteiger charge is 2.15. The minimum Gasteiger partial charge on any atom is -0.369 e. The Labute approximate surface area is 141 Å². The van der Waals surface area contributed by atoms with Crippen LogP contribution < -0.4 is 4.90 Å². The van der Waals surface area contributed by atoms with Crippen LogP contribution in [0.5, 0.6) is 0 Å². The monoisotopic (exact) mass is 323 g/mol. The molecule has 2 aromatic carbocycles. The summed E-state index contributed by atoms with van der Waals surface area (Å²) in [7, 11) is 2.16. The van der Waals surface area contributed by atoms with Gasteiger partial charge in [-0.15, -0.1) is 0 Å². The van der Waals surface area contributed by atoms with E-state index in [0.29, 0.717) is 5.39 Å². The molecule has 24 heavy (non-hydrogen) atoms. The number of nitrogens with zero attached hydrogens (tertiary/aromatic N) is 3. The van der Waals surface area contributed by atoms with Crippen LogP contribution in [0, 0.1) is 12.7 Å². The first-order chi connectivity index (χ1) is 11.6. The van der Waals surface area contributed by atoms with Crippen molar-refractivity contribution < 1.29 is 4.39 Å². The topological polar surface area (TPSA) is 11.4 Å². The zero-order valence-electron chi connectivity index (χ0n) is 14.2. The van der Waals surface area contributed by atoms with Gasteiger partial charge in [0, 0.05) is 49.1 Å². The van der Waals surface area contributed by atoms with Crippen LogP contribution in [0.3, 0.4) is 0 Å². The van der Waals surface area contributed by atoms with Crippen molar-refractivity contribution in [2.75, 3.05) is 38.1 Å². The number of hydrogen-bond donors (Lipinski definition) is 0. The van der Waals surface area contributed by atoms with Crippen LogP contribution in [0.1, 0.15) is 5.56 Å². The minimum absolute atomic E-state index is 0.162. The van der Waals surface area contributed by atoms with Crippen molar-refractivity contribution in [3.05, 3.63) is 60.0 Å². The molecular formula is C20H22FN3. The van der Waals surface area contributed by atoms with Gasteiger partial charge in [0.25, 0.3) is 0 Å². The number of aromatic nitrogens is 1. The number of anilines is 1. The molecule has 3 aromatic rings. The van der Waals surface area contributed by atoms with Crippen molar-refractivity contribution in [2.24, 2.45) is 0 Å². The summed E-state index contributed by atoms with van der Waals surface area (Å²) in [5.41, 5.74) is 4.35. The third kappa shape index (κ3) is 2.57. The molecule has 3 nitrogen and oxygen atoms in total. The van der Waals surface area contributed by atoms with Crippen LogP contribution in [0.2, 0.25) is 0 Å². The Morgan fingerprint density at radius 2 is 1.67 bits per heavy atom. The fourth-order valence-corrected chi connectivity index (χ4v) is 3.51. The molecule has 0 saturated carbocycles. The van der Waals surface area contributed by atoms with Gasteiger partial charge in [0.2, 0.25) is 0 Å². The van der Waals surface area contributed by atoms with Crippen molar-refractivity contribution in [3.63, 3.8) is 0 Å². The van der Waals surface area contributed by atoms with Crippen molar-refractivity contribution in [3.8, 4) is 5.69 Å². The number of aryl methyl sites for hydroxylation is 1. The van der Waals surface area contributed by atoms with E-state index in [-0.39, 0.29) is 5.82 Å². The van der Waals surface area contributed by atoms with Gasteiger partial charge in [0.1, 0.15) is 5.82 Å². The summed E-state index contributed by atoms with van der Waals surface area (Å²) in [6, 6.07) is 13.8. The van der Waals surface area contributed by atoms with E-state index >= 15 is 0 Å². The first-order valence-electron chi connectivity index (χ1n) is 8.43. The number of hydrogen-bond acceptors (Lipinski definition) is 2. The molecule has 124 valence electrons. The molecule has 4 rings (SSSR count). The number of halogens is 1. The standard InChI is InChI=1S/C20H22FN3/c1-15-6-7-19(21)18-8-9-24(20(15)18)17-5-3-4-16(14-17)23-12-10-22(2)11-13-23/h3-9,14H,10-13H2,1-2H3. The molecule has 1 aliphatic heterocycles. The molecule has 0 radical (unpaired) electrons. The maximum absolute atomic E-state index is 14.1. The van der Waals surface area contributed by atoms with Crippen molar-refractivity contribution >= 4 is 16.6 Å². The highest BCUT2D eigenvalue weighted by molar-refractivity contribution is 5.85. The number of likely N-dealkylation sites (N-methyl/N-ethyl adjacent to an activating group) is 1. The number of rotatable bonds is 2. The molecule has 1 fully saturated rings. The number of piperazine rings is 1. The lowest BCUT2D eigenvalue weighted by molar-refractivity contribution is 0.313. The van der Waals surface area contributed by atoms with Gasteiger partial charge < -0.3 is 14.4 Å². The average molecular weight is 323 g/mol. The van der Waals surface area contributed by atoms with Gasteiger partial charge in [-0.2, -0.15) is 0 Å². The predicted molar refractivity (Wildman–Crippen MR) is 97.7 cm³/mol. The van der Waals surface area contributed by atoms with Gasteiger partial charge in [-0.1, -0.05) is 12.1 Å². The third-order valence-electron chi connectivity index (χ3n) is 4.97. The minimum atomic E-state index is -0.162. The van der Waals surface area contributed by atoms with E-state index in [9.17, 15) is 4.39 Å². The summed E-state index contributed by atoms with van der Waals surface area (Å²) in [5, 5.41) is 0.681. The Kier molecular flexibility index (Phi) is 3.77.